The summed E-state index contributed by atoms with van der Waals surface area (Å²) in [7, 11) is 0. The Morgan fingerprint density at radius 2 is 2.05 bits per heavy atom. The lowest BCUT2D eigenvalue weighted by Crippen LogP contribution is -2.61. The fraction of sp³-hybridized carbons (Fsp3) is 0.556. The summed E-state index contributed by atoms with van der Waals surface area (Å²) < 4.78 is 0. The molecular weight excluding hydrogens is 244 g/mol. The second kappa shape index (κ2) is 5.71. The summed E-state index contributed by atoms with van der Waals surface area (Å²) in [6.45, 7) is 7.86. The van der Waals surface area contributed by atoms with Crippen LogP contribution in [0.2, 0.25) is 0 Å². The molecule has 0 amide bonds. The summed E-state index contributed by atoms with van der Waals surface area (Å²) in [5.41, 5.74) is 1.75. The van der Waals surface area contributed by atoms with Crippen LogP contribution in [0.15, 0.2) is 42.5 Å². The van der Waals surface area contributed by atoms with Gasteiger partial charge in [0.05, 0.1) is 0 Å². The Balaban J connectivity index is 1.77. The normalized spacial score (nSPS) is 31.8. The van der Waals surface area contributed by atoms with Crippen LogP contribution in [-0.2, 0) is 0 Å². The molecule has 108 valence electrons. The number of piperazine rings is 1. The summed E-state index contributed by atoms with van der Waals surface area (Å²) in [6.07, 6.45) is 7.28. The molecule has 1 aromatic carbocycles. The number of nitrogens with zero attached hydrogens (tertiary/aromatic N) is 1. The summed E-state index contributed by atoms with van der Waals surface area (Å²) in [5, 5.41) is 3.79. The molecular formula is C18H26N2. The number of hydrogen-bond acceptors (Lipinski definition) is 2. The van der Waals surface area contributed by atoms with Gasteiger partial charge in [-0.15, -0.1) is 0 Å². The van der Waals surface area contributed by atoms with E-state index in [0.717, 1.165) is 25.6 Å². The standard InChI is InChI=1S/C18H26N2/c1-3-4-12-20-13-17(15-8-6-5-7-9-15)19-14-18(20,2)16-10-11-16/h3-9,16-17,19H,10-14H2,1-2H3/b4-3+. The first kappa shape index (κ1) is 13.8. The molecule has 0 spiro atoms. The first-order valence-electron chi connectivity index (χ1n) is 7.88. The fourth-order valence-electron chi connectivity index (χ4n) is 3.47. The average Bonchev–Trinajstić information content (AvgIpc) is 3.32. The molecule has 0 bridgehead atoms. The molecule has 1 aromatic rings. The van der Waals surface area contributed by atoms with Gasteiger partial charge in [0, 0.05) is 31.2 Å². The summed E-state index contributed by atoms with van der Waals surface area (Å²) >= 11 is 0. The van der Waals surface area contributed by atoms with Crippen LogP contribution in [0, 0.1) is 5.92 Å². The third-order valence-electron chi connectivity index (χ3n) is 5.05. The van der Waals surface area contributed by atoms with Crippen molar-refractivity contribution in [2.45, 2.75) is 38.3 Å². The van der Waals surface area contributed by atoms with Crippen molar-refractivity contribution in [3.63, 3.8) is 0 Å². The van der Waals surface area contributed by atoms with Crippen LogP contribution in [-0.4, -0.2) is 30.1 Å². The molecule has 1 N–H and O–H groups in total. The smallest absolute Gasteiger partial charge is 0.0450 e. The van der Waals surface area contributed by atoms with Crippen molar-refractivity contribution < 1.29 is 0 Å². The Bertz CT molecular complexity index is 464. The summed E-state index contributed by atoms with van der Waals surface area (Å²) in [6, 6.07) is 11.3. The Morgan fingerprint density at radius 3 is 2.70 bits per heavy atom. The molecule has 1 aliphatic carbocycles. The van der Waals surface area contributed by atoms with Gasteiger partial charge in [0.15, 0.2) is 0 Å². The molecule has 1 aliphatic heterocycles. The fourth-order valence-corrected chi connectivity index (χ4v) is 3.47. The van der Waals surface area contributed by atoms with Crippen molar-refractivity contribution in [2.24, 2.45) is 5.92 Å². The first-order chi connectivity index (χ1) is 9.74. The molecule has 0 aromatic heterocycles. The van der Waals surface area contributed by atoms with E-state index in [0.29, 0.717) is 11.6 Å². The minimum atomic E-state index is 0.338. The van der Waals surface area contributed by atoms with E-state index >= 15 is 0 Å². The minimum Gasteiger partial charge on any atom is -0.307 e. The second-order valence-corrected chi connectivity index (χ2v) is 6.45. The summed E-state index contributed by atoms with van der Waals surface area (Å²) in [5.74, 6) is 0.886. The van der Waals surface area contributed by atoms with E-state index in [-0.39, 0.29) is 0 Å². The maximum absolute atomic E-state index is 3.79. The van der Waals surface area contributed by atoms with E-state index in [9.17, 15) is 0 Å². The number of rotatable bonds is 4. The lowest BCUT2D eigenvalue weighted by atomic mass is 9.88. The molecule has 2 unspecified atom stereocenters. The Morgan fingerprint density at radius 1 is 1.30 bits per heavy atom. The van der Waals surface area contributed by atoms with E-state index in [1.165, 1.54) is 18.4 Å². The van der Waals surface area contributed by atoms with Crippen molar-refractivity contribution in [2.75, 3.05) is 19.6 Å². The van der Waals surface area contributed by atoms with Crippen LogP contribution >= 0.6 is 0 Å². The molecule has 2 aliphatic rings. The number of allylic oxidation sites excluding steroid dienone is 1. The highest BCUT2D eigenvalue weighted by atomic mass is 15.3. The predicted molar refractivity (Wildman–Crippen MR) is 84.7 cm³/mol. The monoisotopic (exact) mass is 270 g/mol. The maximum atomic E-state index is 3.79. The van der Waals surface area contributed by atoms with Crippen molar-refractivity contribution in [3.8, 4) is 0 Å². The van der Waals surface area contributed by atoms with Gasteiger partial charge in [0.1, 0.15) is 0 Å². The van der Waals surface area contributed by atoms with Gasteiger partial charge in [-0.05, 0) is 38.2 Å². The van der Waals surface area contributed by atoms with Crippen LogP contribution in [0.1, 0.15) is 38.3 Å². The molecule has 2 fully saturated rings. The zero-order valence-corrected chi connectivity index (χ0v) is 12.7. The molecule has 2 nitrogen and oxygen atoms in total. The van der Waals surface area contributed by atoms with Crippen LogP contribution in [0.3, 0.4) is 0 Å². The van der Waals surface area contributed by atoms with E-state index < -0.39 is 0 Å². The largest absolute Gasteiger partial charge is 0.307 e. The van der Waals surface area contributed by atoms with Gasteiger partial charge in [-0.25, -0.2) is 0 Å². The lowest BCUT2D eigenvalue weighted by Gasteiger charge is -2.48. The Kier molecular flexibility index (Phi) is 3.95. The van der Waals surface area contributed by atoms with Gasteiger partial charge in [0.2, 0.25) is 0 Å². The number of benzene rings is 1. The second-order valence-electron chi connectivity index (χ2n) is 6.45. The molecule has 2 atom stereocenters. The van der Waals surface area contributed by atoms with E-state index in [1.807, 2.05) is 0 Å². The van der Waals surface area contributed by atoms with E-state index in [2.05, 4.69) is 66.5 Å². The quantitative estimate of drug-likeness (QED) is 0.844. The van der Waals surface area contributed by atoms with Crippen LogP contribution < -0.4 is 5.32 Å². The van der Waals surface area contributed by atoms with Gasteiger partial charge in [-0.3, -0.25) is 4.90 Å². The molecule has 20 heavy (non-hydrogen) atoms. The van der Waals surface area contributed by atoms with E-state index in [4.69, 9.17) is 0 Å². The number of nitrogens with one attached hydrogen (secondary N) is 1. The van der Waals surface area contributed by atoms with Crippen LogP contribution in [0.5, 0.6) is 0 Å². The van der Waals surface area contributed by atoms with Crippen molar-refractivity contribution in [3.05, 3.63) is 48.0 Å². The highest BCUT2D eigenvalue weighted by Gasteiger charge is 2.47. The van der Waals surface area contributed by atoms with Crippen molar-refractivity contribution in [1.82, 2.24) is 10.2 Å². The van der Waals surface area contributed by atoms with Gasteiger partial charge >= 0.3 is 0 Å². The highest BCUT2D eigenvalue weighted by molar-refractivity contribution is 5.21. The van der Waals surface area contributed by atoms with E-state index in [1.54, 1.807) is 0 Å². The number of hydrogen-bond donors (Lipinski definition) is 1. The van der Waals surface area contributed by atoms with Gasteiger partial charge in [-0.1, -0.05) is 42.5 Å². The van der Waals surface area contributed by atoms with Gasteiger partial charge in [0.25, 0.3) is 0 Å². The van der Waals surface area contributed by atoms with Crippen molar-refractivity contribution >= 4 is 0 Å². The predicted octanol–water partition coefficient (Wildman–Crippen LogP) is 3.38. The van der Waals surface area contributed by atoms with Crippen LogP contribution in [0.4, 0.5) is 0 Å². The molecule has 1 saturated heterocycles. The molecule has 1 saturated carbocycles. The first-order valence-corrected chi connectivity index (χ1v) is 7.88. The molecule has 0 radical (unpaired) electrons. The third kappa shape index (κ3) is 2.68. The molecule has 2 heteroatoms. The molecule has 3 rings (SSSR count). The van der Waals surface area contributed by atoms with Crippen LogP contribution in [0.25, 0.3) is 0 Å². The molecule has 1 heterocycles. The van der Waals surface area contributed by atoms with Gasteiger partial charge < -0.3 is 5.32 Å². The zero-order chi connectivity index (χ0) is 14.0. The highest BCUT2D eigenvalue weighted by Crippen LogP contribution is 2.44. The lowest BCUT2D eigenvalue weighted by molar-refractivity contribution is 0.0455. The van der Waals surface area contributed by atoms with Gasteiger partial charge in [-0.2, -0.15) is 0 Å². The van der Waals surface area contributed by atoms with Crippen molar-refractivity contribution in [1.29, 1.82) is 0 Å². The maximum Gasteiger partial charge on any atom is 0.0450 e. The zero-order valence-electron chi connectivity index (χ0n) is 12.7. The summed E-state index contributed by atoms with van der Waals surface area (Å²) in [4.78, 5) is 2.69. The topological polar surface area (TPSA) is 15.3 Å². The third-order valence-corrected chi connectivity index (χ3v) is 5.05. The SMILES string of the molecule is C/C=C/CN1CC(c2ccccc2)NCC1(C)C1CC1. The Labute approximate surface area is 122 Å². The average molecular weight is 270 g/mol. The minimum absolute atomic E-state index is 0.338. The Hall–Kier alpha value is -1.12.